The van der Waals surface area contributed by atoms with Gasteiger partial charge in [-0.1, -0.05) is 18.2 Å². The highest BCUT2D eigenvalue weighted by molar-refractivity contribution is 5.85. The Hall–Kier alpha value is -1.77. The minimum atomic E-state index is -0.896. The van der Waals surface area contributed by atoms with Crippen LogP contribution < -0.4 is 0 Å². The molecule has 0 aliphatic heterocycles. The first kappa shape index (κ1) is 12.3. The average molecular weight is 220 g/mol. The molecule has 0 unspecified atom stereocenters. The van der Waals surface area contributed by atoms with Crippen molar-refractivity contribution in [3.05, 3.63) is 40.5 Å². The number of hydrogen-bond donors (Lipinski definition) is 2. The Balaban J connectivity index is 2.91. The number of aromatic hydroxyl groups is 1. The van der Waals surface area contributed by atoms with E-state index in [-0.39, 0.29) is 0 Å². The van der Waals surface area contributed by atoms with Crippen LogP contribution in [0.25, 0.3) is 0 Å². The molecule has 0 aliphatic rings. The van der Waals surface area contributed by atoms with Crippen molar-refractivity contribution in [3.63, 3.8) is 0 Å². The van der Waals surface area contributed by atoms with E-state index < -0.39 is 5.97 Å². The van der Waals surface area contributed by atoms with E-state index >= 15 is 0 Å². The van der Waals surface area contributed by atoms with Crippen LogP contribution in [0.4, 0.5) is 0 Å². The number of phenolic OH excluding ortho intramolecular Hbond substituents is 1. The summed E-state index contributed by atoms with van der Waals surface area (Å²) in [7, 11) is 0. The molecule has 3 nitrogen and oxygen atoms in total. The summed E-state index contributed by atoms with van der Waals surface area (Å²) in [6.45, 7) is 5.24. The van der Waals surface area contributed by atoms with E-state index in [0.29, 0.717) is 17.7 Å². The Morgan fingerprint density at radius 2 is 1.81 bits per heavy atom. The summed E-state index contributed by atoms with van der Waals surface area (Å²) in [6.07, 6.45) is 2.24. The molecule has 0 fully saturated rings. The molecule has 86 valence electrons. The Kier molecular flexibility index (Phi) is 3.72. The molecule has 0 bridgehead atoms. The van der Waals surface area contributed by atoms with Crippen LogP contribution in [0.5, 0.6) is 5.75 Å². The first-order valence-corrected chi connectivity index (χ1v) is 5.11. The van der Waals surface area contributed by atoms with Crippen LogP contribution in [0.15, 0.2) is 23.8 Å². The van der Waals surface area contributed by atoms with Crippen molar-refractivity contribution in [2.24, 2.45) is 0 Å². The highest BCUT2D eigenvalue weighted by Gasteiger charge is 2.03. The van der Waals surface area contributed by atoms with Gasteiger partial charge in [0.15, 0.2) is 0 Å². The van der Waals surface area contributed by atoms with Crippen molar-refractivity contribution >= 4 is 5.97 Å². The normalized spacial score (nSPS) is 11.6. The van der Waals surface area contributed by atoms with Crippen LogP contribution in [-0.2, 0) is 11.2 Å². The molecule has 16 heavy (non-hydrogen) atoms. The van der Waals surface area contributed by atoms with Gasteiger partial charge in [0.1, 0.15) is 5.75 Å². The van der Waals surface area contributed by atoms with Gasteiger partial charge in [0.05, 0.1) is 0 Å². The number of allylic oxidation sites excluding steroid dienone is 1. The van der Waals surface area contributed by atoms with E-state index in [4.69, 9.17) is 5.11 Å². The summed E-state index contributed by atoms with van der Waals surface area (Å²) < 4.78 is 0. The zero-order valence-electron chi connectivity index (χ0n) is 9.74. The van der Waals surface area contributed by atoms with Crippen LogP contribution >= 0.6 is 0 Å². The van der Waals surface area contributed by atoms with Gasteiger partial charge in [-0.3, -0.25) is 0 Å². The molecule has 0 heterocycles. The largest absolute Gasteiger partial charge is 0.507 e. The van der Waals surface area contributed by atoms with Crippen molar-refractivity contribution in [3.8, 4) is 5.75 Å². The number of hydrogen-bond acceptors (Lipinski definition) is 2. The maximum Gasteiger partial charge on any atom is 0.330 e. The van der Waals surface area contributed by atoms with Gasteiger partial charge in [-0.25, -0.2) is 4.79 Å². The third-order valence-corrected chi connectivity index (χ3v) is 2.53. The Morgan fingerprint density at radius 1 is 1.31 bits per heavy atom. The second-order valence-corrected chi connectivity index (χ2v) is 3.97. The first-order chi connectivity index (χ1) is 7.41. The van der Waals surface area contributed by atoms with Gasteiger partial charge in [0, 0.05) is 5.57 Å². The topological polar surface area (TPSA) is 57.5 Å². The van der Waals surface area contributed by atoms with Crippen LogP contribution in [0.3, 0.4) is 0 Å². The lowest BCUT2D eigenvalue weighted by atomic mass is 10.0. The minimum absolute atomic E-state index is 0.308. The maximum atomic E-state index is 10.6. The van der Waals surface area contributed by atoms with Gasteiger partial charge in [0.2, 0.25) is 0 Å². The van der Waals surface area contributed by atoms with Gasteiger partial charge in [-0.05, 0) is 43.9 Å². The van der Waals surface area contributed by atoms with E-state index in [1.165, 1.54) is 0 Å². The molecule has 0 saturated heterocycles. The minimum Gasteiger partial charge on any atom is -0.507 e. The summed E-state index contributed by atoms with van der Waals surface area (Å²) in [5, 5.41) is 18.3. The fourth-order valence-electron chi connectivity index (χ4n) is 1.52. The molecular weight excluding hydrogens is 204 g/mol. The SMILES string of the molecule is C/C(=C\Cc1cc(C)c(O)c(C)c1)C(=O)O. The van der Waals surface area contributed by atoms with E-state index in [0.717, 1.165) is 16.7 Å². The molecule has 1 rings (SSSR count). The van der Waals surface area contributed by atoms with E-state index in [1.807, 2.05) is 26.0 Å². The van der Waals surface area contributed by atoms with E-state index in [1.54, 1.807) is 13.0 Å². The quantitative estimate of drug-likeness (QED) is 0.770. The Morgan fingerprint density at radius 3 is 2.25 bits per heavy atom. The number of carbonyl (C=O) groups is 1. The molecular formula is C13H16O3. The van der Waals surface area contributed by atoms with Crippen molar-refractivity contribution < 1.29 is 15.0 Å². The molecule has 2 N–H and O–H groups in total. The summed E-state index contributed by atoms with van der Waals surface area (Å²) in [6, 6.07) is 3.74. The monoisotopic (exact) mass is 220 g/mol. The third-order valence-electron chi connectivity index (χ3n) is 2.53. The first-order valence-electron chi connectivity index (χ1n) is 5.11. The fourth-order valence-corrected chi connectivity index (χ4v) is 1.52. The second kappa shape index (κ2) is 4.84. The number of rotatable bonds is 3. The van der Waals surface area contributed by atoms with Crippen molar-refractivity contribution in [1.29, 1.82) is 0 Å². The van der Waals surface area contributed by atoms with E-state index in [2.05, 4.69) is 0 Å². The molecule has 0 aromatic heterocycles. The van der Waals surface area contributed by atoms with Crippen molar-refractivity contribution in [1.82, 2.24) is 0 Å². The standard InChI is InChI=1S/C13H16O3/c1-8(13(15)16)4-5-11-6-9(2)12(14)10(3)7-11/h4,6-7,14H,5H2,1-3H3,(H,15,16)/b8-4+. The van der Waals surface area contributed by atoms with Gasteiger partial charge in [0.25, 0.3) is 0 Å². The predicted molar refractivity (Wildman–Crippen MR) is 62.7 cm³/mol. The Bertz CT molecular complexity index is 421. The molecule has 0 saturated carbocycles. The summed E-state index contributed by atoms with van der Waals surface area (Å²) in [5.41, 5.74) is 2.98. The smallest absolute Gasteiger partial charge is 0.330 e. The van der Waals surface area contributed by atoms with E-state index in [9.17, 15) is 9.90 Å². The molecule has 0 aliphatic carbocycles. The average Bonchev–Trinajstić information content (AvgIpc) is 2.22. The maximum absolute atomic E-state index is 10.6. The zero-order valence-corrected chi connectivity index (χ0v) is 9.74. The lowest BCUT2D eigenvalue weighted by molar-refractivity contribution is -0.132. The molecule has 0 atom stereocenters. The number of aliphatic carboxylic acids is 1. The number of carboxylic acids is 1. The highest BCUT2D eigenvalue weighted by atomic mass is 16.4. The van der Waals surface area contributed by atoms with Crippen molar-refractivity contribution in [2.45, 2.75) is 27.2 Å². The second-order valence-electron chi connectivity index (χ2n) is 3.97. The fraction of sp³-hybridized carbons (Fsp3) is 0.308. The van der Waals surface area contributed by atoms with Gasteiger partial charge in [-0.15, -0.1) is 0 Å². The molecule has 0 amide bonds. The molecule has 1 aromatic rings. The molecule has 0 spiro atoms. The Labute approximate surface area is 95.0 Å². The van der Waals surface area contributed by atoms with Crippen LogP contribution in [-0.4, -0.2) is 16.2 Å². The molecule has 3 heteroatoms. The van der Waals surface area contributed by atoms with Crippen molar-refractivity contribution in [2.75, 3.05) is 0 Å². The third kappa shape index (κ3) is 2.86. The number of phenols is 1. The zero-order chi connectivity index (χ0) is 12.3. The van der Waals surface area contributed by atoms with Gasteiger partial charge in [-0.2, -0.15) is 0 Å². The number of benzene rings is 1. The van der Waals surface area contributed by atoms with Gasteiger partial charge >= 0.3 is 5.97 Å². The molecule has 1 aromatic carbocycles. The van der Waals surface area contributed by atoms with Gasteiger partial charge < -0.3 is 10.2 Å². The number of aryl methyl sites for hydroxylation is 2. The van der Waals surface area contributed by atoms with Crippen LogP contribution in [0, 0.1) is 13.8 Å². The van der Waals surface area contributed by atoms with Crippen LogP contribution in [0.2, 0.25) is 0 Å². The van der Waals surface area contributed by atoms with Crippen LogP contribution in [0.1, 0.15) is 23.6 Å². The highest BCUT2D eigenvalue weighted by Crippen LogP contribution is 2.23. The lowest BCUT2D eigenvalue weighted by Crippen LogP contribution is -1.97. The predicted octanol–water partition coefficient (Wildman–Crippen LogP) is 2.58. The lowest BCUT2D eigenvalue weighted by Gasteiger charge is -2.06. The summed E-state index contributed by atoms with van der Waals surface area (Å²) >= 11 is 0. The number of carboxylic acid groups (broad SMARTS) is 1. The summed E-state index contributed by atoms with van der Waals surface area (Å²) in [4.78, 5) is 10.6. The molecule has 0 radical (unpaired) electrons. The summed E-state index contributed by atoms with van der Waals surface area (Å²) in [5.74, 6) is -0.588.